The predicted molar refractivity (Wildman–Crippen MR) is 115 cm³/mol. The zero-order valence-electron chi connectivity index (χ0n) is 17.8. The molecule has 1 aromatic carbocycles. The minimum Gasteiger partial charge on any atom is -0.378 e. The Morgan fingerprint density at radius 2 is 1.79 bits per heavy atom. The SMILES string of the molecule is CCCCN1[C@@H]2COC[C@H]1C[C@@H](NC(=O)c1nn(CCCC)c3ccccc13)C2. The first-order valence-electron chi connectivity index (χ1n) is 11.3. The molecule has 6 nitrogen and oxygen atoms in total. The van der Waals surface area contributed by atoms with Crippen molar-refractivity contribution in [3.63, 3.8) is 0 Å². The molecule has 2 aliphatic rings. The highest BCUT2D eigenvalue weighted by Crippen LogP contribution is 2.28. The van der Waals surface area contributed by atoms with Crippen LogP contribution in [0.15, 0.2) is 24.3 Å². The molecule has 1 aromatic heterocycles. The monoisotopic (exact) mass is 398 g/mol. The Kier molecular flexibility index (Phi) is 6.50. The van der Waals surface area contributed by atoms with Crippen molar-refractivity contribution < 1.29 is 9.53 Å². The average Bonchev–Trinajstić information content (AvgIpc) is 3.09. The van der Waals surface area contributed by atoms with Crippen LogP contribution in [0.1, 0.15) is 62.9 Å². The van der Waals surface area contributed by atoms with Crippen LogP contribution in [0.4, 0.5) is 0 Å². The van der Waals surface area contributed by atoms with Crippen molar-refractivity contribution in [2.24, 2.45) is 0 Å². The Morgan fingerprint density at radius 1 is 1.10 bits per heavy atom. The number of aromatic nitrogens is 2. The van der Waals surface area contributed by atoms with E-state index in [-0.39, 0.29) is 11.9 Å². The quantitative estimate of drug-likeness (QED) is 0.738. The summed E-state index contributed by atoms with van der Waals surface area (Å²) in [6.45, 7) is 7.96. The van der Waals surface area contributed by atoms with Gasteiger partial charge >= 0.3 is 0 Å². The Labute approximate surface area is 173 Å². The van der Waals surface area contributed by atoms with E-state index in [0.29, 0.717) is 17.8 Å². The number of nitrogens with one attached hydrogen (secondary N) is 1. The number of hydrogen-bond donors (Lipinski definition) is 1. The summed E-state index contributed by atoms with van der Waals surface area (Å²) in [4.78, 5) is 15.8. The van der Waals surface area contributed by atoms with E-state index in [1.165, 1.54) is 12.8 Å². The number of hydrogen-bond acceptors (Lipinski definition) is 4. The lowest BCUT2D eigenvalue weighted by atomic mass is 9.89. The van der Waals surface area contributed by atoms with Crippen LogP contribution in [-0.2, 0) is 11.3 Å². The van der Waals surface area contributed by atoms with Gasteiger partial charge in [0.15, 0.2) is 5.69 Å². The van der Waals surface area contributed by atoms with Crippen molar-refractivity contribution in [2.75, 3.05) is 19.8 Å². The maximum absolute atomic E-state index is 13.2. The van der Waals surface area contributed by atoms with Gasteiger partial charge in [-0.1, -0.05) is 44.9 Å². The van der Waals surface area contributed by atoms with Crippen LogP contribution in [0.3, 0.4) is 0 Å². The molecule has 2 saturated heterocycles. The van der Waals surface area contributed by atoms with Gasteiger partial charge in [-0.05, 0) is 38.3 Å². The number of carbonyl (C=O) groups is 1. The van der Waals surface area contributed by atoms with Crippen molar-refractivity contribution >= 4 is 16.8 Å². The number of morpholine rings is 1. The molecule has 0 spiro atoms. The molecule has 2 bridgehead atoms. The summed E-state index contributed by atoms with van der Waals surface area (Å²) in [6, 6.07) is 9.09. The number of para-hydroxylation sites is 1. The molecule has 2 aromatic rings. The van der Waals surface area contributed by atoms with E-state index in [2.05, 4.69) is 35.2 Å². The molecular formula is C23H34N4O2. The van der Waals surface area contributed by atoms with Crippen LogP contribution in [0, 0.1) is 0 Å². The first-order valence-corrected chi connectivity index (χ1v) is 11.3. The number of aryl methyl sites for hydroxylation is 1. The Bertz CT molecular complexity index is 819. The molecule has 0 radical (unpaired) electrons. The minimum atomic E-state index is -0.0394. The van der Waals surface area contributed by atoms with Crippen LogP contribution in [0.5, 0.6) is 0 Å². The lowest BCUT2D eigenvalue weighted by Gasteiger charge is -2.48. The van der Waals surface area contributed by atoms with Gasteiger partial charge in [0.2, 0.25) is 0 Å². The third-order valence-electron chi connectivity index (χ3n) is 6.37. The van der Waals surface area contributed by atoms with Gasteiger partial charge in [0.05, 0.1) is 18.7 Å². The van der Waals surface area contributed by atoms with Crippen molar-refractivity contribution in [1.29, 1.82) is 0 Å². The van der Waals surface area contributed by atoms with Gasteiger partial charge in [0.1, 0.15) is 0 Å². The molecule has 6 heteroatoms. The van der Waals surface area contributed by atoms with Gasteiger partial charge in [0, 0.05) is 30.1 Å². The Morgan fingerprint density at radius 3 is 2.52 bits per heavy atom. The molecule has 2 aliphatic heterocycles. The van der Waals surface area contributed by atoms with E-state index >= 15 is 0 Å². The molecule has 3 heterocycles. The summed E-state index contributed by atoms with van der Waals surface area (Å²) in [5.74, 6) is -0.0394. The molecule has 1 amide bonds. The van der Waals surface area contributed by atoms with Crippen molar-refractivity contribution in [3.8, 4) is 0 Å². The molecule has 158 valence electrons. The van der Waals surface area contributed by atoms with Gasteiger partial charge < -0.3 is 10.1 Å². The van der Waals surface area contributed by atoms with E-state index in [1.807, 2.05) is 22.9 Å². The fraction of sp³-hybridized carbons (Fsp3) is 0.652. The molecule has 0 unspecified atom stereocenters. The minimum absolute atomic E-state index is 0.0394. The number of nitrogens with zero attached hydrogens (tertiary/aromatic N) is 3. The van der Waals surface area contributed by atoms with Crippen molar-refractivity contribution in [2.45, 2.75) is 77.0 Å². The van der Waals surface area contributed by atoms with Gasteiger partial charge in [0.25, 0.3) is 5.91 Å². The zero-order chi connectivity index (χ0) is 20.2. The Balaban J connectivity index is 1.47. The number of carbonyl (C=O) groups excluding carboxylic acids is 1. The summed E-state index contributed by atoms with van der Waals surface area (Å²) in [5.41, 5.74) is 1.61. The molecule has 3 atom stereocenters. The molecular weight excluding hydrogens is 364 g/mol. The number of ether oxygens (including phenoxy) is 1. The summed E-state index contributed by atoms with van der Waals surface area (Å²) >= 11 is 0. The fourth-order valence-electron chi connectivity index (χ4n) is 4.84. The molecule has 29 heavy (non-hydrogen) atoms. The second-order valence-corrected chi connectivity index (χ2v) is 8.52. The maximum atomic E-state index is 13.2. The summed E-state index contributed by atoms with van der Waals surface area (Å²) in [5, 5.41) is 8.94. The number of benzene rings is 1. The normalized spacial score (nSPS) is 24.7. The number of fused-ring (bicyclic) bond motifs is 3. The number of amides is 1. The highest BCUT2D eigenvalue weighted by Gasteiger charge is 2.39. The van der Waals surface area contributed by atoms with E-state index in [9.17, 15) is 4.79 Å². The predicted octanol–water partition coefficient (Wildman–Crippen LogP) is 3.60. The first-order chi connectivity index (χ1) is 14.2. The second kappa shape index (κ2) is 9.26. The molecule has 4 rings (SSSR count). The highest BCUT2D eigenvalue weighted by molar-refractivity contribution is 6.05. The second-order valence-electron chi connectivity index (χ2n) is 8.52. The first kappa shape index (κ1) is 20.4. The summed E-state index contributed by atoms with van der Waals surface area (Å²) < 4.78 is 7.80. The number of piperidine rings is 1. The highest BCUT2D eigenvalue weighted by atomic mass is 16.5. The van der Waals surface area contributed by atoms with Gasteiger partial charge in [-0.25, -0.2) is 0 Å². The van der Waals surface area contributed by atoms with Gasteiger partial charge in [-0.2, -0.15) is 5.10 Å². The summed E-state index contributed by atoms with van der Waals surface area (Å²) in [7, 11) is 0. The zero-order valence-corrected chi connectivity index (χ0v) is 17.8. The average molecular weight is 399 g/mol. The van der Waals surface area contributed by atoms with Crippen LogP contribution in [0.2, 0.25) is 0 Å². The third kappa shape index (κ3) is 4.33. The van der Waals surface area contributed by atoms with E-state index < -0.39 is 0 Å². The lowest BCUT2D eigenvalue weighted by Crippen LogP contribution is -2.60. The number of rotatable bonds is 8. The molecule has 2 fully saturated rings. The van der Waals surface area contributed by atoms with E-state index in [0.717, 1.165) is 62.9 Å². The number of unbranched alkanes of at least 4 members (excludes halogenated alkanes) is 2. The lowest BCUT2D eigenvalue weighted by molar-refractivity contribution is -0.0802. The van der Waals surface area contributed by atoms with Gasteiger partial charge in [-0.15, -0.1) is 0 Å². The van der Waals surface area contributed by atoms with Crippen LogP contribution >= 0.6 is 0 Å². The van der Waals surface area contributed by atoms with Crippen LogP contribution in [0.25, 0.3) is 10.9 Å². The van der Waals surface area contributed by atoms with Crippen molar-refractivity contribution in [1.82, 2.24) is 20.0 Å². The molecule has 0 saturated carbocycles. The standard InChI is InChI=1S/C23H34N4O2/c1-3-5-11-26-18-13-17(14-19(26)16-29-15-18)24-23(28)22-20-9-7-8-10-21(20)27(25-22)12-6-4-2/h7-10,17-19H,3-6,11-16H2,1-2H3,(H,24,28)/t17-,18-,19+. The van der Waals surface area contributed by atoms with Gasteiger partial charge in [-0.3, -0.25) is 14.4 Å². The fourth-order valence-corrected chi connectivity index (χ4v) is 4.84. The molecule has 1 N–H and O–H groups in total. The summed E-state index contributed by atoms with van der Waals surface area (Å²) in [6.07, 6.45) is 6.53. The smallest absolute Gasteiger partial charge is 0.272 e. The van der Waals surface area contributed by atoms with Crippen LogP contribution < -0.4 is 5.32 Å². The van der Waals surface area contributed by atoms with E-state index in [1.54, 1.807) is 0 Å². The van der Waals surface area contributed by atoms with Crippen LogP contribution in [-0.4, -0.2) is 58.5 Å². The third-order valence-corrected chi connectivity index (χ3v) is 6.37. The van der Waals surface area contributed by atoms with E-state index in [4.69, 9.17) is 4.74 Å². The maximum Gasteiger partial charge on any atom is 0.272 e. The largest absolute Gasteiger partial charge is 0.378 e. The Hall–Kier alpha value is -1.92. The molecule has 0 aliphatic carbocycles. The van der Waals surface area contributed by atoms with Crippen molar-refractivity contribution in [3.05, 3.63) is 30.0 Å². The topological polar surface area (TPSA) is 59.4 Å².